The molecule has 0 N–H and O–H groups in total. The number of hydrogen-bond acceptors (Lipinski definition) is 5. The number of aromatic nitrogens is 2. The van der Waals surface area contributed by atoms with E-state index in [0.29, 0.717) is 11.9 Å². The van der Waals surface area contributed by atoms with Crippen molar-refractivity contribution in [2.45, 2.75) is 25.2 Å². The second kappa shape index (κ2) is 5.12. The lowest BCUT2D eigenvalue weighted by Crippen LogP contribution is -2.28. The van der Waals surface area contributed by atoms with Crippen LogP contribution in [0.15, 0.2) is 12.4 Å². The molecule has 92 valence electrons. The van der Waals surface area contributed by atoms with Crippen molar-refractivity contribution in [3.05, 3.63) is 18.0 Å². The summed E-state index contributed by atoms with van der Waals surface area (Å²) in [5.74, 6) is 0.896. The Morgan fingerprint density at radius 2 is 2.12 bits per heavy atom. The largest absolute Gasteiger partial charge is 0.468 e. The van der Waals surface area contributed by atoms with Crippen LogP contribution in [0.5, 0.6) is 0 Å². The van der Waals surface area contributed by atoms with Gasteiger partial charge in [-0.25, -0.2) is 9.97 Å². The second-order valence-corrected chi connectivity index (χ2v) is 4.38. The van der Waals surface area contributed by atoms with Crippen LogP contribution in [-0.4, -0.2) is 36.6 Å². The van der Waals surface area contributed by atoms with Crippen molar-refractivity contribution >= 4 is 11.9 Å². The van der Waals surface area contributed by atoms with E-state index in [1.54, 1.807) is 11.9 Å². The zero-order chi connectivity index (χ0) is 12.3. The topological polar surface area (TPSA) is 55.3 Å². The molecule has 1 fully saturated rings. The van der Waals surface area contributed by atoms with Crippen LogP contribution in [0.3, 0.4) is 0 Å². The van der Waals surface area contributed by atoms with E-state index >= 15 is 0 Å². The molecule has 0 radical (unpaired) electrons. The molecule has 1 heterocycles. The molecule has 0 aliphatic heterocycles. The van der Waals surface area contributed by atoms with Gasteiger partial charge in [0.2, 0.25) is 5.95 Å². The fraction of sp³-hybridized carbons (Fsp3) is 0.583. The minimum Gasteiger partial charge on any atom is -0.468 e. The molecule has 1 aromatic heterocycles. The van der Waals surface area contributed by atoms with E-state index in [1.165, 1.54) is 31.9 Å². The Hall–Kier alpha value is -1.65. The number of likely N-dealkylation sites (N-methyl/N-ethyl adjacent to an activating group) is 1. The maximum absolute atomic E-state index is 11.1. The van der Waals surface area contributed by atoms with E-state index in [-0.39, 0.29) is 12.5 Å². The van der Waals surface area contributed by atoms with Crippen LogP contribution in [0, 0.1) is 0 Å². The maximum Gasteiger partial charge on any atom is 0.325 e. The van der Waals surface area contributed by atoms with Gasteiger partial charge in [-0.1, -0.05) is 6.42 Å². The van der Waals surface area contributed by atoms with Gasteiger partial charge in [-0.2, -0.15) is 0 Å². The molecule has 1 aromatic rings. The van der Waals surface area contributed by atoms with Crippen molar-refractivity contribution in [1.82, 2.24) is 9.97 Å². The van der Waals surface area contributed by atoms with E-state index < -0.39 is 0 Å². The monoisotopic (exact) mass is 235 g/mol. The lowest BCUT2D eigenvalue weighted by Gasteiger charge is -2.25. The number of nitrogens with zero attached hydrogens (tertiary/aromatic N) is 3. The summed E-state index contributed by atoms with van der Waals surface area (Å²) in [6, 6.07) is 0. The summed E-state index contributed by atoms with van der Waals surface area (Å²) in [4.78, 5) is 21.3. The first-order chi connectivity index (χ1) is 8.20. The summed E-state index contributed by atoms with van der Waals surface area (Å²) in [6.07, 6.45) is 7.50. The number of methoxy groups -OCH3 is 1. The van der Waals surface area contributed by atoms with E-state index in [0.717, 1.165) is 0 Å². The van der Waals surface area contributed by atoms with Gasteiger partial charge in [0, 0.05) is 19.4 Å². The highest BCUT2D eigenvalue weighted by molar-refractivity contribution is 5.74. The third kappa shape index (κ3) is 2.72. The molecule has 1 saturated carbocycles. The zero-order valence-corrected chi connectivity index (χ0v) is 10.2. The van der Waals surface area contributed by atoms with Gasteiger partial charge in [-0.15, -0.1) is 0 Å². The van der Waals surface area contributed by atoms with E-state index in [1.807, 2.05) is 12.4 Å². The number of ether oxygens (including phenoxy) is 1. The summed E-state index contributed by atoms with van der Waals surface area (Å²) < 4.78 is 4.59. The highest BCUT2D eigenvalue weighted by atomic mass is 16.5. The Morgan fingerprint density at radius 3 is 2.59 bits per heavy atom. The molecule has 17 heavy (non-hydrogen) atoms. The standard InChI is InChI=1S/C12H17N3O2/c1-15(8-11(16)17-2)12-13-6-10(7-14-12)9-4-3-5-9/h6-7,9H,3-5,8H2,1-2H3. The third-order valence-electron chi connectivity index (χ3n) is 3.17. The van der Waals surface area contributed by atoms with Crippen LogP contribution in [0.25, 0.3) is 0 Å². The van der Waals surface area contributed by atoms with Gasteiger partial charge in [-0.3, -0.25) is 4.79 Å². The third-order valence-corrected chi connectivity index (χ3v) is 3.17. The van der Waals surface area contributed by atoms with E-state index in [4.69, 9.17) is 0 Å². The quantitative estimate of drug-likeness (QED) is 0.737. The molecule has 0 amide bonds. The van der Waals surface area contributed by atoms with E-state index in [9.17, 15) is 4.79 Å². The van der Waals surface area contributed by atoms with Crippen LogP contribution in [-0.2, 0) is 9.53 Å². The summed E-state index contributed by atoms with van der Waals surface area (Å²) in [7, 11) is 3.14. The molecule has 2 rings (SSSR count). The molecule has 0 spiro atoms. The minimum atomic E-state index is -0.292. The fourth-order valence-electron chi connectivity index (χ4n) is 1.81. The van der Waals surface area contributed by atoms with Crippen LogP contribution in [0.2, 0.25) is 0 Å². The van der Waals surface area contributed by atoms with Crippen molar-refractivity contribution in [1.29, 1.82) is 0 Å². The van der Waals surface area contributed by atoms with Crippen LogP contribution >= 0.6 is 0 Å². The Bertz CT molecular complexity index is 387. The van der Waals surface area contributed by atoms with Crippen molar-refractivity contribution in [3.8, 4) is 0 Å². The summed E-state index contributed by atoms with van der Waals surface area (Å²) in [5.41, 5.74) is 1.20. The first-order valence-corrected chi connectivity index (χ1v) is 5.80. The van der Waals surface area contributed by atoms with Crippen LogP contribution in [0.1, 0.15) is 30.7 Å². The average Bonchev–Trinajstić information content (AvgIpc) is 2.27. The molecular formula is C12H17N3O2. The van der Waals surface area contributed by atoms with Gasteiger partial charge in [0.1, 0.15) is 6.54 Å². The van der Waals surface area contributed by atoms with Crippen molar-refractivity contribution in [2.75, 3.05) is 25.6 Å². The van der Waals surface area contributed by atoms with Crippen LogP contribution < -0.4 is 4.90 Å². The molecule has 0 saturated heterocycles. The van der Waals surface area contributed by atoms with Crippen molar-refractivity contribution < 1.29 is 9.53 Å². The summed E-state index contributed by atoms with van der Waals surface area (Å²) in [6.45, 7) is 0.166. The number of hydrogen-bond donors (Lipinski definition) is 0. The average molecular weight is 235 g/mol. The van der Waals surface area contributed by atoms with E-state index in [2.05, 4.69) is 14.7 Å². The predicted molar refractivity (Wildman–Crippen MR) is 63.9 cm³/mol. The first-order valence-electron chi connectivity index (χ1n) is 5.80. The van der Waals surface area contributed by atoms with Gasteiger partial charge in [0.15, 0.2) is 0 Å². The maximum atomic E-state index is 11.1. The fourth-order valence-corrected chi connectivity index (χ4v) is 1.81. The van der Waals surface area contributed by atoms with Gasteiger partial charge in [-0.05, 0) is 24.3 Å². The number of esters is 1. The molecule has 1 aliphatic carbocycles. The van der Waals surface area contributed by atoms with Gasteiger partial charge < -0.3 is 9.64 Å². The highest BCUT2D eigenvalue weighted by Gasteiger charge is 2.20. The Labute approximate surface area is 101 Å². The van der Waals surface area contributed by atoms with Crippen molar-refractivity contribution in [3.63, 3.8) is 0 Å². The first kappa shape index (κ1) is 11.8. The van der Waals surface area contributed by atoms with Gasteiger partial charge in [0.25, 0.3) is 0 Å². The second-order valence-electron chi connectivity index (χ2n) is 4.38. The van der Waals surface area contributed by atoms with Crippen LogP contribution in [0.4, 0.5) is 5.95 Å². The molecule has 5 nitrogen and oxygen atoms in total. The molecule has 0 unspecified atom stereocenters. The number of carbonyl (C=O) groups excluding carboxylic acids is 1. The highest BCUT2D eigenvalue weighted by Crippen LogP contribution is 2.35. The Kier molecular flexibility index (Phi) is 3.56. The number of carbonyl (C=O) groups is 1. The van der Waals surface area contributed by atoms with Gasteiger partial charge in [0.05, 0.1) is 7.11 Å². The lowest BCUT2D eigenvalue weighted by molar-refractivity contribution is -0.138. The summed E-state index contributed by atoms with van der Waals surface area (Å²) >= 11 is 0. The van der Waals surface area contributed by atoms with Gasteiger partial charge >= 0.3 is 5.97 Å². The number of anilines is 1. The Morgan fingerprint density at radius 1 is 1.47 bits per heavy atom. The molecule has 0 aromatic carbocycles. The lowest BCUT2D eigenvalue weighted by atomic mass is 9.81. The summed E-state index contributed by atoms with van der Waals surface area (Å²) in [5, 5.41) is 0. The minimum absolute atomic E-state index is 0.166. The number of rotatable bonds is 4. The molecule has 0 atom stereocenters. The normalized spacial score (nSPS) is 15.2. The molecular weight excluding hydrogens is 218 g/mol. The smallest absolute Gasteiger partial charge is 0.325 e. The van der Waals surface area contributed by atoms with Crippen molar-refractivity contribution in [2.24, 2.45) is 0 Å². The molecule has 0 bridgehead atoms. The Balaban J connectivity index is 1.98. The zero-order valence-electron chi connectivity index (χ0n) is 10.2. The molecule has 5 heteroatoms. The predicted octanol–water partition coefficient (Wildman–Crippen LogP) is 1.35. The SMILES string of the molecule is COC(=O)CN(C)c1ncc(C2CCC2)cn1. The molecule has 1 aliphatic rings.